The van der Waals surface area contributed by atoms with Gasteiger partial charge in [0.05, 0.1) is 24.0 Å². The smallest absolute Gasteiger partial charge is 0.257 e. The molecule has 0 aromatic carbocycles. The molecule has 2 aliphatic carbocycles. The zero-order chi connectivity index (χ0) is 24.8. The number of carbonyl (C=O) groups is 1. The Morgan fingerprint density at radius 2 is 2.08 bits per heavy atom. The van der Waals surface area contributed by atoms with Gasteiger partial charge >= 0.3 is 0 Å². The van der Waals surface area contributed by atoms with Crippen molar-refractivity contribution in [1.82, 2.24) is 29.5 Å². The third-order valence-electron chi connectivity index (χ3n) is 7.67. The molecule has 2 aliphatic rings. The zero-order valence-corrected chi connectivity index (χ0v) is 20.8. The van der Waals surface area contributed by atoms with Crippen LogP contribution in [0.2, 0.25) is 0 Å². The summed E-state index contributed by atoms with van der Waals surface area (Å²) >= 11 is 0. The van der Waals surface area contributed by atoms with Gasteiger partial charge in [-0.25, -0.2) is 9.97 Å². The number of methoxy groups -OCH3 is 2. The lowest BCUT2D eigenvalue weighted by Crippen LogP contribution is -2.51. The molecule has 1 amide bonds. The highest BCUT2D eigenvalue weighted by atomic mass is 16.5. The van der Waals surface area contributed by atoms with Gasteiger partial charge in [0.25, 0.3) is 5.91 Å². The molecule has 2 fully saturated rings. The number of ether oxygens (including phenoxy) is 2. The Balaban J connectivity index is 1.40. The first kappa shape index (κ1) is 22.9. The number of hydrogen-bond donors (Lipinski definition) is 2. The van der Waals surface area contributed by atoms with Gasteiger partial charge in [-0.05, 0) is 43.7 Å². The average molecular weight is 490 g/mol. The first-order valence-electron chi connectivity index (χ1n) is 12.5. The van der Waals surface area contributed by atoms with Crippen LogP contribution in [0.1, 0.15) is 42.1 Å². The predicted octanol–water partition coefficient (Wildman–Crippen LogP) is 3.29. The second-order valence-corrected chi connectivity index (χ2v) is 9.77. The van der Waals surface area contributed by atoms with Crippen molar-refractivity contribution in [2.75, 3.05) is 33.2 Å². The maximum absolute atomic E-state index is 13.2. The van der Waals surface area contributed by atoms with Crippen LogP contribution in [0.25, 0.3) is 27.9 Å². The molecule has 188 valence electrons. The van der Waals surface area contributed by atoms with E-state index in [0.29, 0.717) is 23.2 Å². The molecule has 4 aromatic heterocycles. The van der Waals surface area contributed by atoms with Crippen LogP contribution >= 0.6 is 0 Å². The Morgan fingerprint density at radius 3 is 2.81 bits per heavy atom. The summed E-state index contributed by atoms with van der Waals surface area (Å²) in [6.45, 7) is 0.789. The SMILES string of the molecule is CNc1cc(-c2cn(C3CC(COC)C3)c3ncccc23)nc2c(C(=O)NC3CCC3OC)cnn12. The molecular formula is C26H31N7O3. The number of fused-ring (bicyclic) bond motifs is 2. The number of pyridine rings is 1. The van der Waals surface area contributed by atoms with Crippen LogP contribution in [0.4, 0.5) is 5.82 Å². The van der Waals surface area contributed by atoms with Crippen LogP contribution in [0.3, 0.4) is 0 Å². The monoisotopic (exact) mass is 489 g/mol. The molecule has 10 heteroatoms. The molecule has 2 unspecified atom stereocenters. The molecule has 6 rings (SSSR count). The molecular weight excluding hydrogens is 458 g/mol. The lowest BCUT2D eigenvalue weighted by molar-refractivity contribution is 0.00732. The average Bonchev–Trinajstić information content (AvgIpc) is 3.45. The van der Waals surface area contributed by atoms with Crippen molar-refractivity contribution in [3.63, 3.8) is 0 Å². The Bertz CT molecular complexity index is 1420. The summed E-state index contributed by atoms with van der Waals surface area (Å²) in [6, 6.07) is 6.39. The van der Waals surface area contributed by atoms with Crippen LogP contribution < -0.4 is 10.6 Å². The minimum Gasteiger partial charge on any atom is -0.384 e. The van der Waals surface area contributed by atoms with Crippen molar-refractivity contribution in [2.45, 2.75) is 43.9 Å². The van der Waals surface area contributed by atoms with E-state index in [4.69, 9.17) is 19.4 Å². The summed E-state index contributed by atoms with van der Waals surface area (Å²) in [4.78, 5) is 22.8. The molecule has 0 spiro atoms. The van der Waals surface area contributed by atoms with E-state index in [-0.39, 0.29) is 18.1 Å². The first-order valence-corrected chi connectivity index (χ1v) is 12.5. The van der Waals surface area contributed by atoms with Crippen LogP contribution in [0.15, 0.2) is 36.8 Å². The van der Waals surface area contributed by atoms with Gasteiger partial charge in [-0.3, -0.25) is 4.79 Å². The van der Waals surface area contributed by atoms with Crippen LogP contribution in [-0.4, -0.2) is 70.1 Å². The minimum absolute atomic E-state index is 0.0119. The quantitative estimate of drug-likeness (QED) is 0.391. The molecule has 4 heterocycles. The topological polar surface area (TPSA) is 108 Å². The fourth-order valence-electron chi connectivity index (χ4n) is 5.47. The van der Waals surface area contributed by atoms with Crippen molar-refractivity contribution in [1.29, 1.82) is 0 Å². The van der Waals surface area contributed by atoms with Gasteiger partial charge in [-0.15, -0.1) is 0 Å². The Morgan fingerprint density at radius 1 is 1.22 bits per heavy atom. The van der Waals surface area contributed by atoms with Crippen molar-refractivity contribution < 1.29 is 14.3 Å². The standard InChI is InChI=1S/C26H31N7O3/c1-27-23-11-21(30-25-18(12-29-33(23)25)26(34)31-20-6-7-22(20)36-3)19-13-32(16-9-15(10-16)14-35-2)24-17(19)5-4-8-28-24/h4-5,8,11-13,15-16,20,22,27H,6-7,9-10,14H2,1-3H3,(H,31,34). The molecule has 0 saturated heterocycles. The van der Waals surface area contributed by atoms with E-state index < -0.39 is 0 Å². The van der Waals surface area contributed by atoms with E-state index >= 15 is 0 Å². The van der Waals surface area contributed by atoms with Crippen molar-refractivity contribution in [3.05, 3.63) is 42.4 Å². The van der Waals surface area contributed by atoms with E-state index in [1.165, 1.54) is 0 Å². The number of carbonyl (C=O) groups excluding carboxylic acids is 1. The molecule has 0 bridgehead atoms. The summed E-state index contributed by atoms with van der Waals surface area (Å²) in [5.74, 6) is 1.14. The van der Waals surface area contributed by atoms with Gasteiger partial charge in [0.2, 0.25) is 0 Å². The normalized spacial score (nSPS) is 23.4. The summed E-state index contributed by atoms with van der Waals surface area (Å²) in [6.07, 6.45) is 9.61. The number of nitrogens with zero attached hydrogens (tertiary/aromatic N) is 5. The number of amides is 1. The molecule has 0 aliphatic heterocycles. The Kier molecular flexibility index (Phi) is 5.85. The number of rotatable bonds is 8. The fraction of sp³-hybridized carbons (Fsp3) is 0.462. The second-order valence-electron chi connectivity index (χ2n) is 9.77. The summed E-state index contributed by atoms with van der Waals surface area (Å²) in [5, 5.41) is 11.8. The van der Waals surface area contributed by atoms with E-state index in [9.17, 15) is 4.79 Å². The van der Waals surface area contributed by atoms with Crippen LogP contribution in [0.5, 0.6) is 0 Å². The van der Waals surface area contributed by atoms with E-state index in [2.05, 4.69) is 32.6 Å². The highest BCUT2D eigenvalue weighted by Crippen LogP contribution is 2.42. The van der Waals surface area contributed by atoms with E-state index in [1.807, 2.05) is 25.4 Å². The van der Waals surface area contributed by atoms with Crippen LogP contribution in [0, 0.1) is 5.92 Å². The van der Waals surface area contributed by atoms with Crippen molar-refractivity contribution >= 4 is 28.4 Å². The minimum atomic E-state index is -0.189. The largest absolute Gasteiger partial charge is 0.384 e. The molecule has 0 radical (unpaired) electrons. The molecule has 36 heavy (non-hydrogen) atoms. The molecule has 2 atom stereocenters. The van der Waals surface area contributed by atoms with Crippen molar-refractivity contribution in [2.24, 2.45) is 5.92 Å². The molecule has 2 N–H and O–H groups in total. The second kappa shape index (κ2) is 9.18. The highest BCUT2D eigenvalue weighted by Gasteiger charge is 2.34. The third kappa shape index (κ3) is 3.72. The van der Waals surface area contributed by atoms with Gasteiger partial charge in [0, 0.05) is 63.3 Å². The maximum Gasteiger partial charge on any atom is 0.257 e. The van der Waals surface area contributed by atoms with Gasteiger partial charge in [-0.1, -0.05) is 0 Å². The van der Waals surface area contributed by atoms with E-state index in [1.54, 1.807) is 24.9 Å². The molecule has 4 aromatic rings. The molecule has 2 saturated carbocycles. The summed E-state index contributed by atoms with van der Waals surface area (Å²) < 4.78 is 14.7. The Hall–Kier alpha value is -3.50. The van der Waals surface area contributed by atoms with Crippen LogP contribution in [-0.2, 0) is 9.47 Å². The predicted molar refractivity (Wildman–Crippen MR) is 136 cm³/mol. The van der Waals surface area contributed by atoms with Gasteiger partial charge < -0.3 is 24.7 Å². The maximum atomic E-state index is 13.2. The fourth-order valence-corrected chi connectivity index (χ4v) is 5.47. The van der Waals surface area contributed by atoms with E-state index in [0.717, 1.165) is 60.4 Å². The number of aromatic nitrogens is 5. The zero-order valence-electron chi connectivity index (χ0n) is 20.8. The lowest BCUT2D eigenvalue weighted by atomic mass is 9.80. The Labute approximate surface area is 209 Å². The summed E-state index contributed by atoms with van der Waals surface area (Å²) in [5.41, 5.74) is 3.65. The van der Waals surface area contributed by atoms with Gasteiger partial charge in [0.15, 0.2) is 5.65 Å². The van der Waals surface area contributed by atoms with Gasteiger partial charge in [-0.2, -0.15) is 9.61 Å². The lowest BCUT2D eigenvalue weighted by Gasteiger charge is -2.36. The highest BCUT2D eigenvalue weighted by molar-refractivity contribution is 6.01. The third-order valence-corrected chi connectivity index (χ3v) is 7.67. The number of anilines is 1. The van der Waals surface area contributed by atoms with Crippen molar-refractivity contribution in [3.8, 4) is 11.3 Å². The number of nitrogens with one attached hydrogen (secondary N) is 2. The first-order chi connectivity index (χ1) is 17.6. The number of hydrogen-bond acceptors (Lipinski definition) is 7. The molecule has 10 nitrogen and oxygen atoms in total. The van der Waals surface area contributed by atoms with Gasteiger partial charge in [0.1, 0.15) is 17.0 Å². The summed E-state index contributed by atoms with van der Waals surface area (Å²) in [7, 11) is 5.27.